The Hall–Kier alpha value is -2.14. The van der Waals surface area contributed by atoms with Crippen LogP contribution < -0.4 is 0 Å². The molecule has 0 unspecified atom stereocenters. The second-order valence-corrected chi connectivity index (χ2v) is 3.90. The van der Waals surface area contributed by atoms with Crippen LogP contribution in [0.3, 0.4) is 0 Å². The minimum absolute atomic E-state index is 1.09. The number of benzene rings is 1. The van der Waals surface area contributed by atoms with Gasteiger partial charge in [0, 0.05) is 13.1 Å². The SMILES string of the molecule is CN1CC=C(c2ccccc2)C1.O=C(O)C(=O)O. The van der Waals surface area contributed by atoms with Gasteiger partial charge in [0.25, 0.3) is 0 Å². The van der Waals surface area contributed by atoms with Gasteiger partial charge in [0.2, 0.25) is 0 Å². The first-order chi connectivity index (χ1) is 8.50. The fourth-order valence-electron chi connectivity index (χ4n) is 1.55. The quantitative estimate of drug-likeness (QED) is 0.730. The first-order valence-electron chi connectivity index (χ1n) is 5.40. The second kappa shape index (κ2) is 6.56. The molecular formula is C13H15NO4. The summed E-state index contributed by atoms with van der Waals surface area (Å²) in [5.41, 5.74) is 2.82. The molecule has 5 heteroatoms. The van der Waals surface area contributed by atoms with Gasteiger partial charge in [0.1, 0.15) is 0 Å². The van der Waals surface area contributed by atoms with Gasteiger partial charge >= 0.3 is 11.9 Å². The normalized spacial score (nSPS) is 14.4. The summed E-state index contributed by atoms with van der Waals surface area (Å²) in [6, 6.07) is 10.6. The van der Waals surface area contributed by atoms with Gasteiger partial charge in [-0.1, -0.05) is 36.4 Å². The standard InChI is InChI=1S/C11H13N.C2H2O4/c1-12-8-7-11(9-12)10-5-3-2-4-6-10;3-1(4)2(5)6/h2-7H,8-9H2,1H3;(H,3,4)(H,5,6). The molecule has 96 valence electrons. The van der Waals surface area contributed by atoms with Gasteiger partial charge in [-0.2, -0.15) is 0 Å². The third-order valence-electron chi connectivity index (χ3n) is 2.42. The van der Waals surface area contributed by atoms with Crippen molar-refractivity contribution < 1.29 is 19.8 Å². The third kappa shape index (κ3) is 4.39. The predicted molar refractivity (Wildman–Crippen MR) is 67.2 cm³/mol. The van der Waals surface area contributed by atoms with E-state index < -0.39 is 11.9 Å². The van der Waals surface area contributed by atoms with Crippen LogP contribution >= 0.6 is 0 Å². The molecule has 1 aromatic rings. The van der Waals surface area contributed by atoms with Crippen molar-refractivity contribution >= 4 is 17.5 Å². The maximum atomic E-state index is 9.10. The summed E-state index contributed by atoms with van der Waals surface area (Å²) in [7, 11) is 2.15. The summed E-state index contributed by atoms with van der Waals surface area (Å²) in [5.74, 6) is -3.65. The zero-order chi connectivity index (χ0) is 13.5. The number of aliphatic carboxylic acids is 2. The zero-order valence-electron chi connectivity index (χ0n) is 10.0. The van der Waals surface area contributed by atoms with Crippen LogP contribution in [0.4, 0.5) is 0 Å². The number of carbonyl (C=O) groups is 2. The molecule has 0 fully saturated rings. The van der Waals surface area contributed by atoms with Crippen molar-refractivity contribution in [1.29, 1.82) is 0 Å². The minimum Gasteiger partial charge on any atom is -0.473 e. The smallest absolute Gasteiger partial charge is 0.414 e. The van der Waals surface area contributed by atoms with Crippen molar-refractivity contribution in [2.24, 2.45) is 0 Å². The van der Waals surface area contributed by atoms with Crippen LogP contribution in [0.1, 0.15) is 5.56 Å². The molecule has 1 heterocycles. The fraction of sp³-hybridized carbons (Fsp3) is 0.231. The lowest BCUT2D eigenvalue weighted by molar-refractivity contribution is -0.159. The van der Waals surface area contributed by atoms with Crippen LogP contribution in [0.2, 0.25) is 0 Å². The Morgan fingerprint density at radius 1 is 1.11 bits per heavy atom. The Morgan fingerprint density at radius 3 is 2.06 bits per heavy atom. The largest absolute Gasteiger partial charge is 0.473 e. The number of likely N-dealkylation sites (N-methyl/N-ethyl adjacent to an activating group) is 1. The molecule has 2 N–H and O–H groups in total. The van der Waals surface area contributed by atoms with Crippen LogP contribution in [-0.2, 0) is 9.59 Å². The number of carboxylic acids is 2. The maximum Gasteiger partial charge on any atom is 0.414 e. The van der Waals surface area contributed by atoms with Crippen molar-refractivity contribution in [1.82, 2.24) is 4.90 Å². The highest BCUT2D eigenvalue weighted by atomic mass is 16.4. The van der Waals surface area contributed by atoms with E-state index in [-0.39, 0.29) is 0 Å². The highest BCUT2D eigenvalue weighted by Crippen LogP contribution is 2.18. The fourth-order valence-corrected chi connectivity index (χ4v) is 1.55. The van der Waals surface area contributed by atoms with Gasteiger partial charge in [-0.25, -0.2) is 9.59 Å². The van der Waals surface area contributed by atoms with E-state index in [0.29, 0.717) is 0 Å². The monoisotopic (exact) mass is 249 g/mol. The molecule has 0 saturated carbocycles. The summed E-state index contributed by atoms with van der Waals surface area (Å²) in [6.45, 7) is 2.17. The van der Waals surface area contributed by atoms with Gasteiger partial charge in [-0.05, 0) is 18.2 Å². The van der Waals surface area contributed by atoms with E-state index >= 15 is 0 Å². The van der Waals surface area contributed by atoms with E-state index in [1.165, 1.54) is 11.1 Å². The van der Waals surface area contributed by atoms with Crippen LogP contribution in [0.15, 0.2) is 36.4 Å². The zero-order valence-corrected chi connectivity index (χ0v) is 10.0. The Labute approximate surface area is 105 Å². The highest BCUT2D eigenvalue weighted by molar-refractivity contribution is 6.27. The summed E-state index contributed by atoms with van der Waals surface area (Å²) >= 11 is 0. The topological polar surface area (TPSA) is 77.8 Å². The number of hydrogen-bond acceptors (Lipinski definition) is 3. The Balaban J connectivity index is 0.000000232. The highest BCUT2D eigenvalue weighted by Gasteiger charge is 2.10. The molecule has 2 rings (SSSR count). The van der Waals surface area contributed by atoms with Crippen LogP contribution in [0.25, 0.3) is 5.57 Å². The third-order valence-corrected chi connectivity index (χ3v) is 2.42. The number of carboxylic acid groups (broad SMARTS) is 2. The van der Waals surface area contributed by atoms with E-state index in [1.54, 1.807) is 0 Å². The number of nitrogens with zero attached hydrogens (tertiary/aromatic N) is 1. The van der Waals surface area contributed by atoms with Crippen molar-refractivity contribution in [2.45, 2.75) is 0 Å². The lowest BCUT2D eigenvalue weighted by Gasteiger charge is -2.07. The molecule has 1 aliphatic heterocycles. The van der Waals surface area contributed by atoms with E-state index in [0.717, 1.165) is 13.1 Å². The molecule has 0 aromatic heterocycles. The average molecular weight is 249 g/mol. The van der Waals surface area contributed by atoms with Gasteiger partial charge in [0.15, 0.2) is 0 Å². The number of rotatable bonds is 1. The first-order valence-corrected chi connectivity index (χ1v) is 5.40. The molecular weight excluding hydrogens is 234 g/mol. The van der Waals surface area contributed by atoms with Gasteiger partial charge in [-0.3, -0.25) is 4.90 Å². The van der Waals surface area contributed by atoms with Crippen molar-refractivity contribution in [3.05, 3.63) is 42.0 Å². The first kappa shape index (κ1) is 13.9. The maximum absolute atomic E-state index is 9.10. The van der Waals surface area contributed by atoms with E-state index in [2.05, 4.69) is 48.4 Å². The summed E-state index contributed by atoms with van der Waals surface area (Å²) in [5, 5.41) is 14.8. The molecule has 5 nitrogen and oxygen atoms in total. The molecule has 0 spiro atoms. The summed E-state index contributed by atoms with van der Waals surface area (Å²) in [6.07, 6.45) is 2.30. The van der Waals surface area contributed by atoms with Crippen molar-refractivity contribution in [3.63, 3.8) is 0 Å². The molecule has 1 aliphatic rings. The molecule has 0 aliphatic carbocycles. The molecule has 0 amide bonds. The minimum atomic E-state index is -1.82. The summed E-state index contributed by atoms with van der Waals surface area (Å²) < 4.78 is 0. The molecule has 18 heavy (non-hydrogen) atoms. The van der Waals surface area contributed by atoms with Crippen molar-refractivity contribution in [2.75, 3.05) is 20.1 Å². The molecule has 0 radical (unpaired) electrons. The van der Waals surface area contributed by atoms with Crippen LogP contribution in [0.5, 0.6) is 0 Å². The van der Waals surface area contributed by atoms with Crippen molar-refractivity contribution in [3.8, 4) is 0 Å². The molecule has 0 saturated heterocycles. The van der Waals surface area contributed by atoms with Crippen LogP contribution in [-0.4, -0.2) is 47.2 Å². The van der Waals surface area contributed by atoms with Crippen LogP contribution in [0, 0.1) is 0 Å². The summed E-state index contributed by atoms with van der Waals surface area (Å²) in [4.78, 5) is 20.5. The van der Waals surface area contributed by atoms with E-state index in [4.69, 9.17) is 19.8 Å². The Morgan fingerprint density at radius 2 is 1.67 bits per heavy atom. The lowest BCUT2D eigenvalue weighted by Crippen LogP contribution is -2.13. The molecule has 0 atom stereocenters. The van der Waals surface area contributed by atoms with Gasteiger partial charge in [0.05, 0.1) is 0 Å². The Bertz CT molecular complexity index is 441. The van der Waals surface area contributed by atoms with E-state index in [9.17, 15) is 0 Å². The van der Waals surface area contributed by atoms with Gasteiger partial charge < -0.3 is 10.2 Å². The molecule has 0 bridgehead atoms. The average Bonchev–Trinajstić information content (AvgIpc) is 2.78. The lowest BCUT2D eigenvalue weighted by atomic mass is 10.1. The predicted octanol–water partition coefficient (Wildman–Crippen LogP) is 1.17. The Kier molecular flexibility index (Phi) is 5.07. The molecule has 1 aromatic carbocycles. The van der Waals surface area contributed by atoms with E-state index in [1.807, 2.05) is 0 Å². The van der Waals surface area contributed by atoms with Gasteiger partial charge in [-0.15, -0.1) is 0 Å². The number of hydrogen-bond donors (Lipinski definition) is 2. The second-order valence-electron chi connectivity index (χ2n) is 3.90.